The molecule has 4 rings (SSSR count). The van der Waals surface area contributed by atoms with E-state index in [0.29, 0.717) is 16.9 Å². The van der Waals surface area contributed by atoms with E-state index < -0.39 is 23.5 Å². The second-order valence-electron chi connectivity index (χ2n) is 7.06. The topological polar surface area (TPSA) is 79.7 Å². The summed E-state index contributed by atoms with van der Waals surface area (Å²) in [7, 11) is 1.52. The minimum absolute atomic E-state index is 0.0455. The van der Waals surface area contributed by atoms with Gasteiger partial charge in [-0.15, -0.1) is 0 Å². The van der Waals surface area contributed by atoms with Crippen LogP contribution in [-0.4, -0.2) is 33.8 Å². The van der Waals surface area contributed by atoms with Crippen LogP contribution in [0, 0.1) is 5.82 Å². The third-order valence-electron chi connectivity index (χ3n) is 5.19. The summed E-state index contributed by atoms with van der Waals surface area (Å²) in [5.41, 5.74) is 1.61. The number of Topliss-reactive ketones (excluding diaryl/α,β-unsaturated/α-hetero) is 1. The number of aromatic nitrogens is 1. The van der Waals surface area contributed by atoms with E-state index >= 15 is 0 Å². The first kappa shape index (κ1) is 20.3. The predicted octanol–water partition coefficient (Wildman–Crippen LogP) is 3.85. The number of ketones is 1. The van der Waals surface area contributed by atoms with E-state index in [1.54, 1.807) is 48.8 Å². The van der Waals surface area contributed by atoms with Gasteiger partial charge in [-0.05, 0) is 59.7 Å². The van der Waals surface area contributed by atoms with Crippen LogP contribution in [-0.2, 0) is 16.1 Å². The van der Waals surface area contributed by atoms with Crippen molar-refractivity contribution in [1.29, 1.82) is 0 Å². The Balaban J connectivity index is 1.84. The fourth-order valence-electron chi connectivity index (χ4n) is 3.62. The molecule has 1 unspecified atom stereocenters. The second-order valence-corrected chi connectivity index (χ2v) is 7.06. The van der Waals surface area contributed by atoms with Gasteiger partial charge in [0.2, 0.25) is 0 Å². The number of rotatable bonds is 5. The third-order valence-corrected chi connectivity index (χ3v) is 5.19. The molecule has 6 nitrogen and oxygen atoms in total. The van der Waals surface area contributed by atoms with Crippen LogP contribution in [0.4, 0.5) is 4.39 Å². The second kappa shape index (κ2) is 8.39. The number of ether oxygens (including phenoxy) is 1. The lowest BCUT2D eigenvalue weighted by atomic mass is 9.95. The van der Waals surface area contributed by atoms with E-state index in [0.717, 1.165) is 5.56 Å². The number of carbonyl (C=O) groups excluding carboxylic acids is 2. The quantitative estimate of drug-likeness (QED) is 0.387. The van der Waals surface area contributed by atoms with Gasteiger partial charge in [0.15, 0.2) is 0 Å². The summed E-state index contributed by atoms with van der Waals surface area (Å²) in [6.07, 6.45) is 3.19. The maximum absolute atomic E-state index is 13.5. The molecule has 0 aliphatic carbocycles. The maximum atomic E-state index is 13.5. The number of aliphatic hydroxyl groups is 1. The van der Waals surface area contributed by atoms with Gasteiger partial charge < -0.3 is 14.7 Å². The number of methoxy groups -OCH3 is 1. The largest absolute Gasteiger partial charge is 0.507 e. The summed E-state index contributed by atoms with van der Waals surface area (Å²) in [4.78, 5) is 31.2. The smallest absolute Gasteiger partial charge is 0.295 e. The highest BCUT2D eigenvalue weighted by molar-refractivity contribution is 6.46. The molecular formula is C24H19FN2O4. The number of benzene rings is 2. The van der Waals surface area contributed by atoms with Crippen LogP contribution in [0.25, 0.3) is 5.76 Å². The van der Waals surface area contributed by atoms with Gasteiger partial charge in [-0.25, -0.2) is 4.39 Å². The van der Waals surface area contributed by atoms with Crippen LogP contribution in [0.2, 0.25) is 0 Å². The van der Waals surface area contributed by atoms with E-state index in [1.807, 2.05) is 0 Å². The summed E-state index contributed by atoms with van der Waals surface area (Å²) in [5, 5.41) is 11.0. The van der Waals surface area contributed by atoms with Crippen LogP contribution >= 0.6 is 0 Å². The zero-order valence-corrected chi connectivity index (χ0v) is 16.7. The number of amides is 1. The lowest BCUT2D eigenvalue weighted by Crippen LogP contribution is -2.29. The molecule has 0 spiro atoms. The molecule has 2 aromatic carbocycles. The van der Waals surface area contributed by atoms with Crippen LogP contribution in [0.1, 0.15) is 22.7 Å². The van der Waals surface area contributed by atoms with Crippen LogP contribution in [0.5, 0.6) is 5.75 Å². The standard InChI is InChI=1S/C24H19FN2O4/c1-31-19-8-4-17(5-9-19)22(28)20-21(16-2-6-18(25)7-3-16)27(24(30)23(20)29)14-15-10-12-26-13-11-15/h2-13,21,28H,14H2,1H3/b22-20-. The van der Waals surface area contributed by atoms with Gasteiger partial charge in [-0.3, -0.25) is 14.6 Å². The van der Waals surface area contributed by atoms with Crippen molar-refractivity contribution in [3.63, 3.8) is 0 Å². The summed E-state index contributed by atoms with van der Waals surface area (Å²) < 4.78 is 18.7. The minimum Gasteiger partial charge on any atom is -0.507 e. The molecular weight excluding hydrogens is 399 g/mol. The molecule has 156 valence electrons. The lowest BCUT2D eigenvalue weighted by Gasteiger charge is -2.25. The number of likely N-dealkylation sites (tertiary alicyclic amines) is 1. The van der Waals surface area contributed by atoms with E-state index in [4.69, 9.17) is 4.74 Å². The molecule has 7 heteroatoms. The molecule has 3 aromatic rings. The first-order chi connectivity index (χ1) is 15.0. The van der Waals surface area contributed by atoms with Crippen molar-refractivity contribution in [2.45, 2.75) is 12.6 Å². The first-order valence-corrected chi connectivity index (χ1v) is 9.57. The normalized spacial score (nSPS) is 17.7. The van der Waals surface area contributed by atoms with Crippen LogP contribution in [0.3, 0.4) is 0 Å². The number of hydrogen-bond donors (Lipinski definition) is 1. The van der Waals surface area contributed by atoms with Crippen molar-refractivity contribution in [3.8, 4) is 5.75 Å². The number of hydrogen-bond acceptors (Lipinski definition) is 5. The Labute approximate surface area is 178 Å². The Bertz CT molecular complexity index is 1140. The number of halogens is 1. The summed E-state index contributed by atoms with van der Waals surface area (Å²) in [5.74, 6) is -1.68. The molecule has 31 heavy (non-hydrogen) atoms. The molecule has 1 aliphatic rings. The molecule has 1 aromatic heterocycles. The van der Waals surface area contributed by atoms with Gasteiger partial charge >= 0.3 is 0 Å². The summed E-state index contributed by atoms with van der Waals surface area (Å²) in [6.45, 7) is 0.133. The molecule has 0 saturated carbocycles. The monoisotopic (exact) mass is 418 g/mol. The van der Waals surface area contributed by atoms with Gasteiger partial charge in [0.25, 0.3) is 11.7 Å². The van der Waals surface area contributed by atoms with Crippen LogP contribution in [0.15, 0.2) is 78.6 Å². The van der Waals surface area contributed by atoms with Crippen molar-refractivity contribution < 1.29 is 23.8 Å². The molecule has 1 aliphatic heterocycles. The fraction of sp³-hybridized carbons (Fsp3) is 0.125. The molecule has 1 amide bonds. The average molecular weight is 418 g/mol. The number of carbonyl (C=O) groups is 2. The van der Waals surface area contributed by atoms with E-state index in [1.165, 1.54) is 36.3 Å². The predicted molar refractivity (Wildman–Crippen MR) is 111 cm³/mol. The molecule has 0 radical (unpaired) electrons. The van der Waals surface area contributed by atoms with Gasteiger partial charge in [-0.1, -0.05) is 12.1 Å². The molecule has 1 N–H and O–H groups in total. The zero-order valence-electron chi connectivity index (χ0n) is 16.7. The van der Waals surface area contributed by atoms with Crippen molar-refractivity contribution in [2.24, 2.45) is 0 Å². The average Bonchev–Trinajstić information content (AvgIpc) is 3.05. The molecule has 1 atom stereocenters. The Morgan fingerprint density at radius 2 is 1.68 bits per heavy atom. The Kier molecular flexibility index (Phi) is 5.49. The summed E-state index contributed by atoms with van der Waals surface area (Å²) >= 11 is 0. The molecule has 2 heterocycles. The van der Waals surface area contributed by atoms with Crippen molar-refractivity contribution in [3.05, 3.63) is 101 Å². The SMILES string of the molecule is COc1ccc(/C(O)=C2/C(=O)C(=O)N(Cc3ccncc3)C2c2ccc(F)cc2)cc1. The Morgan fingerprint density at radius 1 is 1.03 bits per heavy atom. The highest BCUT2D eigenvalue weighted by atomic mass is 19.1. The first-order valence-electron chi connectivity index (χ1n) is 9.57. The number of aliphatic hydroxyl groups excluding tert-OH is 1. The van der Waals surface area contributed by atoms with Gasteiger partial charge in [-0.2, -0.15) is 0 Å². The van der Waals surface area contributed by atoms with Crippen molar-refractivity contribution in [1.82, 2.24) is 9.88 Å². The maximum Gasteiger partial charge on any atom is 0.295 e. The van der Waals surface area contributed by atoms with Gasteiger partial charge in [0.1, 0.15) is 17.3 Å². The number of pyridine rings is 1. The van der Waals surface area contributed by atoms with E-state index in [2.05, 4.69) is 4.98 Å². The van der Waals surface area contributed by atoms with E-state index in [9.17, 15) is 19.1 Å². The van der Waals surface area contributed by atoms with Crippen LogP contribution < -0.4 is 4.74 Å². The molecule has 1 saturated heterocycles. The lowest BCUT2D eigenvalue weighted by molar-refractivity contribution is -0.140. The van der Waals surface area contributed by atoms with E-state index in [-0.39, 0.29) is 17.9 Å². The fourth-order valence-corrected chi connectivity index (χ4v) is 3.62. The number of nitrogens with zero attached hydrogens (tertiary/aromatic N) is 2. The van der Waals surface area contributed by atoms with Crippen molar-refractivity contribution >= 4 is 17.4 Å². The Hall–Kier alpha value is -4.00. The van der Waals surface area contributed by atoms with Gasteiger partial charge in [0.05, 0.1) is 18.7 Å². The van der Waals surface area contributed by atoms with Gasteiger partial charge in [0, 0.05) is 24.5 Å². The minimum atomic E-state index is -0.865. The molecule has 1 fully saturated rings. The Morgan fingerprint density at radius 3 is 2.29 bits per heavy atom. The third kappa shape index (κ3) is 3.90. The summed E-state index contributed by atoms with van der Waals surface area (Å²) in [6, 6.07) is 14.7. The van der Waals surface area contributed by atoms with Crippen molar-refractivity contribution in [2.75, 3.05) is 7.11 Å². The zero-order chi connectivity index (χ0) is 22.0. The highest BCUT2D eigenvalue weighted by Crippen LogP contribution is 2.40. The highest BCUT2D eigenvalue weighted by Gasteiger charge is 2.46. The molecule has 0 bridgehead atoms.